The molecule has 0 amide bonds. The van der Waals surface area contributed by atoms with Crippen molar-refractivity contribution in [1.29, 1.82) is 0 Å². The van der Waals surface area contributed by atoms with Crippen LogP contribution < -0.4 is 0 Å². The molecule has 0 saturated heterocycles. The minimum absolute atomic E-state index is 0.0422. The van der Waals surface area contributed by atoms with Gasteiger partial charge in [-0.2, -0.15) is 0 Å². The van der Waals surface area contributed by atoms with E-state index in [4.69, 9.17) is 13.3 Å². The highest BCUT2D eigenvalue weighted by Crippen LogP contribution is 2.36. The van der Waals surface area contributed by atoms with E-state index in [1.165, 1.54) is 20.8 Å². The van der Waals surface area contributed by atoms with Crippen molar-refractivity contribution >= 4 is 26.7 Å². The third kappa shape index (κ3) is 5.06. The number of rotatable bonds is 8. The minimum atomic E-state index is -5.40. The summed E-state index contributed by atoms with van der Waals surface area (Å²) in [5.41, 5.74) is -1.47. The zero-order valence-electron chi connectivity index (χ0n) is 15.1. The molecule has 0 saturated carbocycles. The third-order valence-corrected chi connectivity index (χ3v) is 5.82. The molecule has 156 valence electrons. The van der Waals surface area contributed by atoms with E-state index in [0.717, 1.165) is 0 Å². The molecule has 28 heavy (non-hydrogen) atoms. The normalized spacial score (nSPS) is 12.3. The lowest BCUT2D eigenvalue weighted by Crippen LogP contribution is -2.54. The smallest absolute Gasteiger partial charge is 0.453 e. The Labute approximate surface area is 157 Å². The van der Waals surface area contributed by atoms with E-state index in [-0.39, 0.29) is 25.3 Å². The Balaban J connectivity index is 3.64. The zero-order chi connectivity index (χ0) is 21.6. The van der Waals surface area contributed by atoms with Crippen LogP contribution in [0.15, 0.2) is 6.07 Å². The van der Waals surface area contributed by atoms with Gasteiger partial charge in [-0.3, -0.25) is 14.4 Å². The van der Waals surface area contributed by atoms with Crippen LogP contribution in [0.2, 0.25) is 0 Å². The molecule has 0 fully saturated rings. The molecular weight excluding hydrogens is 411 g/mol. The third-order valence-electron chi connectivity index (χ3n) is 3.35. The van der Waals surface area contributed by atoms with Crippen LogP contribution in [-0.2, 0) is 27.7 Å². The average Bonchev–Trinajstić information content (AvgIpc) is 2.67. The predicted molar refractivity (Wildman–Crippen MR) is 85.0 cm³/mol. The monoisotopic (exact) mass is 428 g/mol. The molecular formula is C16H17F5O6Si. The summed E-state index contributed by atoms with van der Waals surface area (Å²) in [6, 6.07) is -0.0422. The van der Waals surface area contributed by atoms with Gasteiger partial charge < -0.3 is 13.3 Å². The summed E-state index contributed by atoms with van der Waals surface area (Å²) >= 11 is 0. The summed E-state index contributed by atoms with van der Waals surface area (Å²) in [5.74, 6) is -15.3. The van der Waals surface area contributed by atoms with Gasteiger partial charge in [0.05, 0.1) is 0 Å². The molecule has 0 aromatic heterocycles. The molecule has 1 aromatic carbocycles. The highest BCUT2D eigenvalue weighted by molar-refractivity contribution is 6.66. The number of hydrogen-bond acceptors (Lipinski definition) is 6. The lowest BCUT2D eigenvalue weighted by molar-refractivity contribution is -0.152. The second kappa shape index (κ2) is 9.62. The first kappa shape index (κ1) is 23.5. The van der Waals surface area contributed by atoms with Gasteiger partial charge in [0.15, 0.2) is 23.3 Å². The molecule has 0 bridgehead atoms. The summed E-state index contributed by atoms with van der Waals surface area (Å²) < 4.78 is 83.7. The fourth-order valence-electron chi connectivity index (χ4n) is 1.88. The number of benzene rings is 1. The van der Waals surface area contributed by atoms with Crippen LogP contribution in [0.5, 0.6) is 0 Å². The van der Waals surface area contributed by atoms with Crippen molar-refractivity contribution in [1.82, 2.24) is 0 Å². The standard InChI is InChI=1S/C16H17F5O6Si/c1-4-10(22)25-28(26-11(23)5-2,27-12(24)6-3)16(21)8-7-9(17)14(19)15(20)13(8)18/h7,16H,4-6H2,1-3H3. The Kier molecular flexibility index (Phi) is 8.09. The van der Waals surface area contributed by atoms with Crippen molar-refractivity contribution in [3.8, 4) is 0 Å². The van der Waals surface area contributed by atoms with Gasteiger partial charge in [0, 0.05) is 24.8 Å². The van der Waals surface area contributed by atoms with Crippen LogP contribution in [0.3, 0.4) is 0 Å². The van der Waals surface area contributed by atoms with Crippen LogP contribution in [0, 0.1) is 23.3 Å². The van der Waals surface area contributed by atoms with Crippen LogP contribution in [-0.4, -0.2) is 26.7 Å². The summed E-state index contributed by atoms with van der Waals surface area (Å²) in [6.07, 6.45) is -1.16. The highest BCUT2D eigenvalue weighted by Gasteiger charge is 2.63. The summed E-state index contributed by atoms with van der Waals surface area (Å²) in [5, 5.41) is 0. The van der Waals surface area contributed by atoms with Crippen LogP contribution >= 0.6 is 0 Å². The van der Waals surface area contributed by atoms with Crippen LogP contribution in [0.1, 0.15) is 51.4 Å². The van der Waals surface area contributed by atoms with Gasteiger partial charge in [-0.15, -0.1) is 0 Å². The maximum Gasteiger partial charge on any atom is 0.746 e. The maximum absolute atomic E-state index is 15.2. The average molecular weight is 428 g/mol. The van der Waals surface area contributed by atoms with Crippen molar-refractivity contribution < 1.29 is 49.6 Å². The van der Waals surface area contributed by atoms with E-state index in [0.29, 0.717) is 0 Å². The van der Waals surface area contributed by atoms with Gasteiger partial charge in [-0.05, 0) is 6.07 Å². The zero-order valence-corrected chi connectivity index (χ0v) is 16.1. The molecule has 0 aliphatic carbocycles. The largest absolute Gasteiger partial charge is 0.746 e. The minimum Gasteiger partial charge on any atom is -0.453 e. The molecule has 0 spiro atoms. The molecule has 1 aromatic rings. The Morgan fingerprint density at radius 2 is 1.21 bits per heavy atom. The SMILES string of the molecule is CCC(=O)O[Si](OC(=O)CC)(OC(=O)CC)C(F)c1cc(F)c(F)c(F)c1F. The van der Waals surface area contributed by atoms with E-state index in [1.54, 1.807) is 0 Å². The molecule has 1 unspecified atom stereocenters. The van der Waals surface area contributed by atoms with Crippen molar-refractivity contribution in [3.05, 3.63) is 34.9 Å². The van der Waals surface area contributed by atoms with Gasteiger partial charge >= 0.3 is 8.80 Å². The van der Waals surface area contributed by atoms with Gasteiger partial charge in [0.2, 0.25) is 5.79 Å². The van der Waals surface area contributed by atoms with Crippen molar-refractivity contribution in [2.45, 2.75) is 45.8 Å². The molecule has 1 rings (SSSR count). The fourth-order valence-corrected chi connectivity index (χ4v) is 4.29. The van der Waals surface area contributed by atoms with E-state index in [1.807, 2.05) is 0 Å². The number of carbonyl (C=O) groups excluding carboxylic acids is 3. The van der Waals surface area contributed by atoms with Crippen molar-refractivity contribution in [2.24, 2.45) is 0 Å². The molecule has 0 radical (unpaired) electrons. The summed E-state index contributed by atoms with van der Waals surface area (Å²) in [6.45, 7) is 3.82. The first-order valence-electron chi connectivity index (χ1n) is 8.15. The van der Waals surface area contributed by atoms with Crippen molar-refractivity contribution in [3.63, 3.8) is 0 Å². The lowest BCUT2D eigenvalue weighted by Gasteiger charge is -2.29. The number of hydrogen-bond donors (Lipinski definition) is 0. The molecule has 0 heterocycles. The second-order valence-electron chi connectivity index (χ2n) is 5.34. The first-order chi connectivity index (χ1) is 13.0. The molecule has 0 N–H and O–H groups in total. The Morgan fingerprint density at radius 1 is 0.821 bits per heavy atom. The number of carbonyl (C=O) groups is 3. The Morgan fingerprint density at radius 3 is 1.57 bits per heavy atom. The van der Waals surface area contributed by atoms with Crippen LogP contribution in [0.4, 0.5) is 22.0 Å². The molecule has 0 aliphatic rings. The van der Waals surface area contributed by atoms with E-state index in [2.05, 4.69) is 0 Å². The quantitative estimate of drug-likeness (QED) is 0.273. The first-order valence-corrected chi connectivity index (χ1v) is 9.95. The Bertz CT molecular complexity index is 727. The summed E-state index contributed by atoms with van der Waals surface area (Å²) in [4.78, 5) is 35.2. The predicted octanol–water partition coefficient (Wildman–Crippen LogP) is 3.59. The topological polar surface area (TPSA) is 78.9 Å². The van der Waals surface area contributed by atoms with Gasteiger partial charge in [0.25, 0.3) is 17.9 Å². The molecule has 6 nitrogen and oxygen atoms in total. The van der Waals surface area contributed by atoms with Crippen molar-refractivity contribution in [2.75, 3.05) is 0 Å². The number of halogens is 5. The van der Waals surface area contributed by atoms with E-state index in [9.17, 15) is 31.9 Å². The second-order valence-corrected chi connectivity index (χ2v) is 7.66. The van der Waals surface area contributed by atoms with E-state index < -0.39 is 61.3 Å². The van der Waals surface area contributed by atoms with Crippen LogP contribution in [0.25, 0.3) is 0 Å². The Hall–Kier alpha value is -2.50. The van der Waals surface area contributed by atoms with E-state index >= 15 is 4.39 Å². The molecule has 0 aliphatic heterocycles. The highest BCUT2D eigenvalue weighted by atomic mass is 28.4. The van der Waals surface area contributed by atoms with Gasteiger partial charge in [-0.25, -0.2) is 22.0 Å². The van der Waals surface area contributed by atoms with Gasteiger partial charge in [-0.1, -0.05) is 20.8 Å². The maximum atomic E-state index is 15.2. The number of alkyl halides is 1. The summed E-state index contributed by atoms with van der Waals surface area (Å²) in [7, 11) is -5.40. The molecule has 12 heteroatoms. The molecule has 1 atom stereocenters. The lowest BCUT2D eigenvalue weighted by atomic mass is 10.2. The fraction of sp³-hybridized carbons (Fsp3) is 0.438. The van der Waals surface area contributed by atoms with Gasteiger partial charge in [0.1, 0.15) is 0 Å².